The third-order valence-electron chi connectivity index (χ3n) is 2.91. The van der Waals surface area contributed by atoms with E-state index in [0.29, 0.717) is 4.31 Å². The van der Waals surface area contributed by atoms with Crippen LogP contribution < -0.4 is 0 Å². The normalized spacial score (nSPS) is 14.4. The van der Waals surface area contributed by atoms with E-state index < -0.39 is 28.7 Å². The molecular formula is C13H17ClF3NO2S. The minimum Gasteiger partial charge on any atom is -0.212 e. The molecule has 0 saturated heterocycles. The number of hydrogen-bond acceptors (Lipinski definition) is 2. The Morgan fingerprint density at radius 3 is 2.29 bits per heavy atom. The van der Waals surface area contributed by atoms with Gasteiger partial charge in [0.05, 0.1) is 5.75 Å². The molecule has 0 heterocycles. The predicted octanol–water partition coefficient (Wildman–Crippen LogP) is 3.22. The molecule has 1 aromatic rings. The first-order valence-electron chi connectivity index (χ1n) is 6.31. The lowest BCUT2D eigenvalue weighted by atomic mass is 10.0. The molecule has 0 aromatic heterocycles. The van der Waals surface area contributed by atoms with Crippen molar-refractivity contribution >= 4 is 21.6 Å². The molecule has 0 radical (unpaired) electrons. The number of rotatable bonds is 7. The maximum atomic E-state index is 12.5. The molecule has 0 aliphatic carbocycles. The van der Waals surface area contributed by atoms with E-state index in [1.165, 1.54) is 0 Å². The van der Waals surface area contributed by atoms with Crippen LogP contribution in [0.25, 0.3) is 0 Å². The van der Waals surface area contributed by atoms with Crippen LogP contribution in [0.1, 0.15) is 18.4 Å². The van der Waals surface area contributed by atoms with Crippen molar-refractivity contribution < 1.29 is 21.6 Å². The summed E-state index contributed by atoms with van der Waals surface area (Å²) in [6.07, 6.45) is -4.59. The summed E-state index contributed by atoms with van der Waals surface area (Å²) in [5.41, 5.74) is 0.763. The first kappa shape index (κ1) is 18.3. The topological polar surface area (TPSA) is 37.4 Å². The van der Waals surface area contributed by atoms with Crippen molar-refractivity contribution in [3.63, 3.8) is 0 Å². The van der Waals surface area contributed by atoms with E-state index in [1.807, 2.05) is 0 Å². The van der Waals surface area contributed by atoms with Crippen molar-refractivity contribution in [3.05, 3.63) is 35.9 Å². The van der Waals surface area contributed by atoms with E-state index in [4.69, 9.17) is 11.6 Å². The lowest BCUT2D eigenvalue weighted by Crippen LogP contribution is -2.42. The van der Waals surface area contributed by atoms with Gasteiger partial charge in [-0.05, 0) is 11.5 Å². The van der Waals surface area contributed by atoms with E-state index >= 15 is 0 Å². The van der Waals surface area contributed by atoms with E-state index in [-0.39, 0.29) is 18.2 Å². The highest BCUT2D eigenvalue weighted by atomic mass is 35.5. The minimum atomic E-state index is -4.59. The SMILES string of the molecule is CC(CS(=O)(=O)N(CCCl)CC(F)(F)F)c1ccccc1. The van der Waals surface area contributed by atoms with Crippen LogP contribution in [0.4, 0.5) is 13.2 Å². The summed E-state index contributed by atoms with van der Waals surface area (Å²) < 4.78 is 62.1. The monoisotopic (exact) mass is 343 g/mol. The van der Waals surface area contributed by atoms with Crippen LogP contribution in [0.2, 0.25) is 0 Å². The Balaban J connectivity index is 2.86. The maximum Gasteiger partial charge on any atom is 0.402 e. The third-order valence-corrected chi connectivity index (χ3v) is 5.10. The quantitative estimate of drug-likeness (QED) is 0.713. The summed E-state index contributed by atoms with van der Waals surface area (Å²) in [5, 5.41) is 0. The molecule has 0 aliphatic rings. The Labute approximate surface area is 127 Å². The molecule has 8 heteroatoms. The fraction of sp³-hybridized carbons (Fsp3) is 0.538. The second kappa shape index (κ2) is 7.47. The summed E-state index contributed by atoms with van der Waals surface area (Å²) in [4.78, 5) is 0. The van der Waals surface area contributed by atoms with Crippen molar-refractivity contribution in [1.82, 2.24) is 4.31 Å². The van der Waals surface area contributed by atoms with Gasteiger partial charge in [-0.2, -0.15) is 17.5 Å². The molecule has 3 nitrogen and oxygen atoms in total. The van der Waals surface area contributed by atoms with Crippen LogP contribution in [0.15, 0.2) is 30.3 Å². The molecule has 1 unspecified atom stereocenters. The zero-order chi connectivity index (χ0) is 16.1. The van der Waals surface area contributed by atoms with Gasteiger partial charge in [0.15, 0.2) is 0 Å². The fourth-order valence-electron chi connectivity index (χ4n) is 1.91. The first-order valence-corrected chi connectivity index (χ1v) is 8.45. The van der Waals surface area contributed by atoms with Gasteiger partial charge >= 0.3 is 6.18 Å². The van der Waals surface area contributed by atoms with Crippen LogP contribution in [-0.2, 0) is 10.0 Å². The van der Waals surface area contributed by atoms with Gasteiger partial charge < -0.3 is 0 Å². The Morgan fingerprint density at radius 2 is 1.81 bits per heavy atom. The number of nitrogens with zero attached hydrogens (tertiary/aromatic N) is 1. The van der Waals surface area contributed by atoms with Crippen molar-refractivity contribution in [2.24, 2.45) is 0 Å². The highest BCUT2D eigenvalue weighted by Gasteiger charge is 2.36. The zero-order valence-corrected chi connectivity index (χ0v) is 13.0. The van der Waals surface area contributed by atoms with Gasteiger partial charge in [0.25, 0.3) is 0 Å². The molecule has 1 aromatic carbocycles. The van der Waals surface area contributed by atoms with E-state index in [1.54, 1.807) is 37.3 Å². The molecule has 0 saturated carbocycles. The van der Waals surface area contributed by atoms with E-state index in [2.05, 4.69) is 0 Å². The van der Waals surface area contributed by atoms with Gasteiger partial charge in [-0.1, -0.05) is 37.3 Å². The predicted molar refractivity (Wildman–Crippen MR) is 77.0 cm³/mol. The molecule has 0 amide bonds. The molecule has 0 N–H and O–H groups in total. The molecule has 120 valence electrons. The Morgan fingerprint density at radius 1 is 1.24 bits per heavy atom. The maximum absolute atomic E-state index is 12.5. The highest BCUT2D eigenvalue weighted by molar-refractivity contribution is 7.89. The number of halogens is 4. The van der Waals surface area contributed by atoms with Gasteiger partial charge in [0.2, 0.25) is 10.0 Å². The number of hydrogen-bond donors (Lipinski definition) is 0. The van der Waals surface area contributed by atoms with Crippen LogP contribution >= 0.6 is 11.6 Å². The molecule has 21 heavy (non-hydrogen) atoms. The number of sulfonamides is 1. The van der Waals surface area contributed by atoms with Crippen LogP contribution in [-0.4, -0.2) is 43.6 Å². The van der Waals surface area contributed by atoms with E-state index in [9.17, 15) is 21.6 Å². The van der Waals surface area contributed by atoms with Crippen molar-refractivity contribution in [2.45, 2.75) is 19.0 Å². The summed E-state index contributed by atoms with van der Waals surface area (Å²) in [6, 6.07) is 8.79. The van der Waals surface area contributed by atoms with Crippen molar-refractivity contribution in [3.8, 4) is 0 Å². The second-order valence-corrected chi connectivity index (χ2v) is 7.12. The summed E-state index contributed by atoms with van der Waals surface area (Å²) >= 11 is 5.41. The lowest BCUT2D eigenvalue weighted by molar-refractivity contribution is -0.135. The van der Waals surface area contributed by atoms with Gasteiger partial charge in [0.1, 0.15) is 6.54 Å². The van der Waals surface area contributed by atoms with Crippen molar-refractivity contribution in [1.29, 1.82) is 0 Å². The smallest absolute Gasteiger partial charge is 0.212 e. The summed E-state index contributed by atoms with van der Waals surface area (Å²) in [7, 11) is -4.04. The average molecular weight is 344 g/mol. The van der Waals surface area contributed by atoms with Crippen LogP contribution in [0.5, 0.6) is 0 Å². The first-order chi connectivity index (χ1) is 9.65. The fourth-order valence-corrected chi connectivity index (χ4v) is 3.96. The Kier molecular flexibility index (Phi) is 6.49. The summed E-state index contributed by atoms with van der Waals surface area (Å²) in [5.74, 6) is -0.971. The lowest BCUT2D eigenvalue weighted by Gasteiger charge is -2.24. The molecular weight excluding hydrogens is 327 g/mol. The summed E-state index contributed by atoms with van der Waals surface area (Å²) in [6.45, 7) is -0.201. The average Bonchev–Trinajstić information content (AvgIpc) is 2.37. The number of benzene rings is 1. The molecule has 1 atom stereocenters. The zero-order valence-electron chi connectivity index (χ0n) is 11.5. The molecule has 0 spiro atoms. The third kappa shape index (κ3) is 6.23. The minimum absolute atomic E-state index is 0.185. The van der Waals surface area contributed by atoms with Gasteiger partial charge in [0, 0.05) is 12.4 Å². The van der Waals surface area contributed by atoms with E-state index in [0.717, 1.165) is 5.56 Å². The second-order valence-electron chi connectivity index (χ2n) is 4.73. The Hall–Kier alpha value is -0.790. The molecule has 0 bridgehead atoms. The largest absolute Gasteiger partial charge is 0.402 e. The van der Waals surface area contributed by atoms with Crippen LogP contribution in [0.3, 0.4) is 0 Å². The Bertz CT molecular complexity index is 534. The van der Waals surface area contributed by atoms with Crippen molar-refractivity contribution in [2.75, 3.05) is 24.7 Å². The van der Waals surface area contributed by atoms with Gasteiger partial charge in [-0.15, -0.1) is 11.6 Å². The molecule has 0 aliphatic heterocycles. The highest BCUT2D eigenvalue weighted by Crippen LogP contribution is 2.22. The standard InChI is InChI=1S/C13H17ClF3NO2S/c1-11(12-5-3-2-4-6-12)9-21(19,20)18(8-7-14)10-13(15,16)17/h2-6,11H,7-10H2,1H3. The molecule has 0 fully saturated rings. The van der Waals surface area contributed by atoms with Gasteiger partial charge in [-0.25, -0.2) is 8.42 Å². The van der Waals surface area contributed by atoms with Gasteiger partial charge in [-0.3, -0.25) is 0 Å². The molecule has 1 rings (SSSR count). The number of alkyl halides is 4. The van der Waals surface area contributed by atoms with Crippen LogP contribution in [0, 0.1) is 0 Å².